The Bertz CT molecular complexity index is 1100. The Balaban J connectivity index is 1.56. The maximum atomic E-state index is 10.8. The number of nitrogens with one attached hydrogen (secondary N) is 2. The van der Waals surface area contributed by atoms with Crippen LogP contribution in [0.5, 0.6) is 5.75 Å². The molecule has 0 radical (unpaired) electrons. The minimum Gasteiger partial charge on any atom is -0.507 e. The highest BCUT2D eigenvalue weighted by Crippen LogP contribution is 2.22. The molecule has 2 aromatic carbocycles. The minimum atomic E-state index is -0.456. The smallest absolute Gasteiger partial charge is 0.269 e. The van der Waals surface area contributed by atoms with Crippen molar-refractivity contribution < 1.29 is 10.0 Å². The van der Waals surface area contributed by atoms with E-state index in [4.69, 9.17) is 0 Å². The van der Waals surface area contributed by atoms with Gasteiger partial charge in [0.2, 0.25) is 17.8 Å². The molecule has 3 aromatic rings. The van der Waals surface area contributed by atoms with Gasteiger partial charge in [-0.05, 0) is 37.1 Å². The van der Waals surface area contributed by atoms with Crippen molar-refractivity contribution in [1.82, 2.24) is 15.0 Å². The van der Waals surface area contributed by atoms with Crippen molar-refractivity contribution in [2.45, 2.75) is 12.8 Å². The molecule has 0 amide bonds. The second-order valence-electron chi connectivity index (χ2n) is 6.83. The number of nitro benzene ring substituents is 1. The number of phenolic OH excluding ortho intramolecular Hbond substituents is 1. The highest BCUT2D eigenvalue weighted by molar-refractivity contribution is 5.83. The van der Waals surface area contributed by atoms with Crippen LogP contribution in [0, 0.1) is 10.1 Å². The van der Waals surface area contributed by atoms with E-state index in [1.807, 2.05) is 0 Å². The molecule has 31 heavy (non-hydrogen) atoms. The third-order valence-electron chi connectivity index (χ3n) is 4.65. The fraction of sp³-hybridized carbons (Fsp3) is 0.200. The molecule has 2 heterocycles. The summed E-state index contributed by atoms with van der Waals surface area (Å²) in [5.74, 6) is 1.14. The predicted octanol–water partition coefficient (Wildman–Crippen LogP) is 3.28. The highest BCUT2D eigenvalue weighted by Gasteiger charge is 2.17. The van der Waals surface area contributed by atoms with Crippen molar-refractivity contribution in [3.63, 3.8) is 0 Å². The summed E-state index contributed by atoms with van der Waals surface area (Å²) in [5.41, 5.74) is 3.93. The van der Waals surface area contributed by atoms with Crippen molar-refractivity contribution in [3.8, 4) is 5.75 Å². The number of nitrogens with zero attached hydrogens (tertiary/aromatic N) is 6. The number of para-hydroxylation sites is 1. The number of hydrazone groups is 1. The molecule has 0 bridgehead atoms. The zero-order valence-electron chi connectivity index (χ0n) is 16.5. The van der Waals surface area contributed by atoms with Crippen LogP contribution < -0.4 is 15.6 Å². The molecular formula is C20H20N8O3. The van der Waals surface area contributed by atoms with E-state index in [1.165, 1.54) is 18.3 Å². The molecule has 158 valence electrons. The molecule has 1 aliphatic heterocycles. The number of non-ortho nitro benzene ring substituents is 1. The number of hydrogen-bond donors (Lipinski definition) is 3. The normalized spacial score (nSPS) is 13.5. The summed E-state index contributed by atoms with van der Waals surface area (Å²) in [6.45, 7) is 1.70. The number of aromatic hydroxyl groups is 1. The van der Waals surface area contributed by atoms with Crippen molar-refractivity contribution in [3.05, 3.63) is 64.2 Å². The molecule has 0 saturated carbocycles. The van der Waals surface area contributed by atoms with Gasteiger partial charge in [0.05, 0.1) is 11.1 Å². The number of phenols is 1. The molecule has 0 aliphatic carbocycles. The number of hydrogen-bond acceptors (Lipinski definition) is 10. The van der Waals surface area contributed by atoms with Gasteiger partial charge in [0, 0.05) is 36.5 Å². The maximum Gasteiger partial charge on any atom is 0.269 e. The lowest BCUT2D eigenvalue weighted by atomic mass is 10.2. The first kappa shape index (κ1) is 20.0. The molecule has 1 fully saturated rings. The van der Waals surface area contributed by atoms with Gasteiger partial charge >= 0.3 is 0 Å². The van der Waals surface area contributed by atoms with E-state index in [1.54, 1.807) is 36.4 Å². The second kappa shape index (κ2) is 9.03. The topological polar surface area (TPSA) is 142 Å². The molecule has 4 rings (SSSR count). The molecular weight excluding hydrogens is 400 g/mol. The number of anilines is 4. The number of aromatic nitrogens is 3. The van der Waals surface area contributed by atoms with Crippen LogP contribution in [-0.4, -0.2) is 44.3 Å². The summed E-state index contributed by atoms with van der Waals surface area (Å²) in [6, 6.07) is 12.8. The van der Waals surface area contributed by atoms with Crippen LogP contribution in [0.25, 0.3) is 0 Å². The van der Waals surface area contributed by atoms with Crippen LogP contribution in [0.1, 0.15) is 18.4 Å². The van der Waals surface area contributed by atoms with Crippen LogP contribution in [-0.2, 0) is 0 Å². The van der Waals surface area contributed by atoms with E-state index in [-0.39, 0.29) is 23.3 Å². The van der Waals surface area contributed by atoms with Crippen LogP contribution in [0.15, 0.2) is 53.6 Å². The van der Waals surface area contributed by atoms with Crippen molar-refractivity contribution in [2.75, 3.05) is 28.7 Å². The van der Waals surface area contributed by atoms with Gasteiger partial charge in [0.15, 0.2) is 0 Å². The quantitative estimate of drug-likeness (QED) is 0.298. The minimum absolute atomic E-state index is 0.000176. The molecule has 0 spiro atoms. The molecule has 11 nitrogen and oxygen atoms in total. The van der Waals surface area contributed by atoms with E-state index in [0.717, 1.165) is 25.9 Å². The zero-order valence-corrected chi connectivity index (χ0v) is 16.5. The van der Waals surface area contributed by atoms with Crippen LogP contribution in [0.2, 0.25) is 0 Å². The van der Waals surface area contributed by atoms with E-state index < -0.39 is 4.92 Å². The maximum absolute atomic E-state index is 10.8. The number of nitro groups is 1. The van der Waals surface area contributed by atoms with Gasteiger partial charge in [-0.15, -0.1) is 0 Å². The summed E-state index contributed by atoms with van der Waals surface area (Å²) < 4.78 is 0. The molecule has 11 heteroatoms. The van der Waals surface area contributed by atoms with E-state index in [2.05, 4.69) is 35.7 Å². The Hall–Kier alpha value is -4.28. The molecule has 1 aliphatic rings. The summed E-state index contributed by atoms with van der Waals surface area (Å²) in [4.78, 5) is 25.7. The van der Waals surface area contributed by atoms with Gasteiger partial charge in [-0.3, -0.25) is 10.1 Å². The zero-order chi connectivity index (χ0) is 21.6. The van der Waals surface area contributed by atoms with Crippen molar-refractivity contribution in [1.29, 1.82) is 0 Å². The van der Waals surface area contributed by atoms with E-state index in [0.29, 0.717) is 17.2 Å². The fourth-order valence-corrected chi connectivity index (χ4v) is 3.08. The lowest BCUT2D eigenvalue weighted by molar-refractivity contribution is -0.384. The van der Waals surface area contributed by atoms with Gasteiger partial charge in [-0.1, -0.05) is 12.1 Å². The standard InChI is InChI=1S/C20H20N8O3/c29-17-6-2-1-5-14(17)13-21-26-19-23-18(24-20(25-19)27-11-3-4-12-27)22-15-7-9-16(10-8-15)28(30)31/h1-2,5-10,13,29H,3-4,11-12H2,(H2,22,23,24,25,26)/b21-13+. The lowest BCUT2D eigenvalue weighted by Gasteiger charge is -2.16. The molecule has 0 unspecified atom stereocenters. The first-order valence-corrected chi connectivity index (χ1v) is 9.68. The Morgan fingerprint density at radius 3 is 2.45 bits per heavy atom. The van der Waals surface area contributed by atoms with E-state index in [9.17, 15) is 15.2 Å². The average Bonchev–Trinajstić information content (AvgIpc) is 3.30. The van der Waals surface area contributed by atoms with Crippen LogP contribution in [0.4, 0.5) is 29.2 Å². The Kier molecular flexibility index (Phi) is 5.83. The first-order valence-electron chi connectivity index (χ1n) is 9.68. The van der Waals surface area contributed by atoms with Crippen molar-refractivity contribution >= 4 is 35.4 Å². The summed E-state index contributed by atoms with van der Waals surface area (Å²) in [7, 11) is 0. The van der Waals surface area contributed by atoms with Crippen molar-refractivity contribution in [2.24, 2.45) is 5.10 Å². The van der Waals surface area contributed by atoms with Gasteiger partial charge in [0.25, 0.3) is 5.69 Å². The molecule has 1 aromatic heterocycles. The number of benzene rings is 2. The third-order valence-corrected chi connectivity index (χ3v) is 4.65. The van der Waals surface area contributed by atoms with E-state index >= 15 is 0 Å². The van der Waals surface area contributed by atoms with Gasteiger partial charge in [-0.25, -0.2) is 5.43 Å². The lowest BCUT2D eigenvalue weighted by Crippen LogP contribution is -2.21. The molecule has 0 atom stereocenters. The largest absolute Gasteiger partial charge is 0.507 e. The highest BCUT2D eigenvalue weighted by atomic mass is 16.6. The summed E-state index contributed by atoms with van der Waals surface area (Å²) in [5, 5.41) is 27.8. The first-order chi connectivity index (χ1) is 15.1. The Labute approximate surface area is 177 Å². The Morgan fingerprint density at radius 2 is 1.74 bits per heavy atom. The summed E-state index contributed by atoms with van der Waals surface area (Å²) >= 11 is 0. The SMILES string of the molecule is O=[N+]([O-])c1ccc(Nc2nc(N/N=C/c3ccccc3O)nc(N3CCCC3)n2)cc1. The Morgan fingerprint density at radius 1 is 1.03 bits per heavy atom. The second-order valence-corrected chi connectivity index (χ2v) is 6.83. The molecule has 1 saturated heterocycles. The van der Waals surface area contributed by atoms with Gasteiger partial charge in [0.1, 0.15) is 5.75 Å². The fourth-order valence-electron chi connectivity index (χ4n) is 3.08. The van der Waals surface area contributed by atoms with Gasteiger partial charge < -0.3 is 15.3 Å². The monoisotopic (exact) mass is 420 g/mol. The van der Waals surface area contributed by atoms with Gasteiger partial charge in [-0.2, -0.15) is 20.1 Å². The van der Waals surface area contributed by atoms with Crippen LogP contribution >= 0.6 is 0 Å². The predicted molar refractivity (Wildman–Crippen MR) is 117 cm³/mol. The van der Waals surface area contributed by atoms with Crippen LogP contribution in [0.3, 0.4) is 0 Å². The average molecular weight is 420 g/mol. The summed E-state index contributed by atoms with van der Waals surface area (Å²) in [6.07, 6.45) is 3.59. The number of rotatable bonds is 7. The molecule has 3 N–H and O–H groups in total. The third kappa shape index (κ3) is 5.01.